The fourth-order valence-corrected chi connectivity index (χ4v) is 0.856. The zero-order chi connectivity index (χ0) is 14.3. The Balaban J connectivity index is 0.000000411. The third-order valence-corrected chi connectivity index (χ3v) is 2.09. The second kappa shape index (κ2) is 7.41. The largest absolute Gasteiger partial charge is 0.478 e. The van der Waals surface area contributed by atoms with Gasteiger partial charge in [-0.2, -0.15) is 0 Å². The van der Waals surface area contributed by atoms with Crippen LogP contribution in [0.1, 0.15) is 34.6 Å². The Labute approximate surface area is 104 Å². The summed E-state index contributed by atoms with van der Waals surface area (Å²) >= 11 is 0. The summed E-state index contributed by atoms with van der Waals surface area (Å²) in [7, 11) is 0. The maximum atomic E-state index is 10.5. The molecule has 18 heavy (non-hydrogen) atoms. The van der Waals surface area contributed by atoms with Crippen molar-refractivity contribution in [1.82, 2.24) is 0 Å². The lowest BCUT2D eigenvalue weighted by Gasteiger charge is -2.03. The summed E-state index contributed by atoms with van der Waals surface area (Å²) in [6.45, 7) is 3.09. The molecule has 0 heterocycles. The van der Waals surface area contributed by atoms with Crippen molar-refractivity contribution in [2.24, 2.45) is 0 Å². The molecule has 0 aliphatic heterocycles. The molecule has 2 atom stereocenters. The van der Waals surface area contributed by atoms with E-state index < -0.39 is 24.1 Å². The molecule has 0 fully saturated rings. The normalized spacial score (nSPS) is 12.9. The molecule has 0 saturated carbocycles. The van der Waals surface area contributed by atoms with Crippen molar-refractivity contribution in [1.29, 1.82) is 0 Å². The van der Waals surface area contributed by atoms with E-state index in [-0.39, 0.29) is 11.1 Å². The molecule has 1 rings (SSSR count). The van der Waals surface area contributed by atoms with E-state index in [1.165, 1.54) is 24.3 Å². The Morgan fingerprint density at radius 1 is 0.889 bits per heavy atom. The van der Waals surface area contributed by atoms with Crippen molar-refractivity contribution >= 4 is 11.9 Å². The molecule has 0 aliphatic carbocycles. The minimum atomic E-state index is -1.23. The number of rotatable bonds is 3. The van der Waals surface area contributed by atoms with Gasteiger partial charge in [-0.15, -0.1) is 0 Å². The summed E-state index contributed by atoms with van der Waals surface area (Å²) in [6.07, 6.45) is -1.19. The van der Waals surface area contributed by atoms with E-state index in [4.69, 9.17) is 20.4 Å². The standard InChI is InChI=1S/C8H6O4.C4H10O2/c9-7(10)5-3-1-2-4-6(5)8(11)12;1-3(5)4(2)6/h1-4H,(H,9,10)(H,11,12);3-6H,1-2H3. The second-order valence-corrected chi connectivity index (χ2v) is 3.64. The molecular formula is C12H16O6. The van der Waals surface area contributed by atoms with Crippen molar-refractivity contribution < 1.29 is 30.0 Å². The van der Waals surface area contributed by atoms with Gasteiger partial charge in [-0.05, 0) is 26.0 Å². The number of aromatic carboxylic acids is 2. The second-order valence-electron chi connectivity index (χ2n) is 3.64. The first kappa shape index (κ1) is 16.1. The van der Waals surface area contributed by atoms with Crippen LogP contribution in [0.25, 0.3) is 0 Å². The molecule has 0 saturated heterocycles. The molecular weight excluding hydrogens is 240 g/mol. The molecule has 1 aromatic rings. The van der Waals surface area contributed by atoms with Crippen molar-refractivity contribution in [3.05, 3.63) is 35.4 Å². The predicted octanol–water partition coefficient (Wildman–Crippen LogP) is 0.831. The number of hydrogen-bond acceptors (Lipinski definition) is 4. The molecule has 100 valence electrons. The van der Waals surface area contributed by atoms with Crippen LogP contribution in [0.2, 0.25) is 0 Å². The Morgan fingerprint density at radius 2 is 1.17 bits per heavy atom. The van der Waals surface area contributed by atoms with Crippen LogP contribution in [-0.4, -0.2) is 44.6 Å². The van der Waals surface area contributed by atoms with Gasteiger partial charge in [-0.25, -0.2) is 9.59 Å². The lowest BCUT2D eigenvalue weighted by Crippen LogP contribution is -2.17. The Kier molecular flexibility index (Phi) is 6.62. The van der Waals surface area contributed by atoms with E-state index >= 15 is 0 Å². The van der Waals surface area contributed by atoms with Crippen LogP contribution in [0.4, 0.5) is 0 Å². The topological polar surface area (TPSA) is 115 Å². The number of hydrogen-bond donors (Lipinski definition) is 4. The lowest BCUT2D eigenvalue weighted by atomic mass is 10.1. The predicted molar refractivity (Wildman–Crippen MR) is 63.7 cm³/mol. The van der Waals surface area contributed by atoms with Gasteiger partial charge in [0.05, 0.1) is 23.3 Å². The van der Waals surface area contributed by atoms with E-state index in [0.717, 1.165) is 0 Å². The molecule has 0 radical (unpaired) electrons. The summed E-state index contributed by atoms with van der Waals surface area (Å²) in [5.41, 5.74) is -0.380. The maximum Gasteiger partial charge on any atom is 0.336 e. The van der Waals surface area contributed by atoms with Crippen molar-refractivity contribution in [2.75, 3.05) is 0 Å². The molecule has 4 N–H and O–H groups in total. The summed E-state index contributed by atoms with van der Waals surface area (Å²) < 4.78 is 0. The summed E-state index contributed by atoms with van der Waals surface area (Å²) in [6, 6.07) is 5.48. The third kappa shape index (κ3) is 5.42. The van der Waals surface area contributed by atoms with Gasteiger partial charge in [0.15, 0.2) is 0 Å². The number of benzene rings is 1. The first-order valence-corrected chi connectivity index (χ1v) is 5.19. The zero-order valence-corrected chi connectivity index (χ0v) is 10.1. The van der Waals surface area contributed by atoms with Gasteiger partial charge >= 0.3 is 11.9 Å². The molecule has 1 aromatic carbocycles. The van der Waals surface area contributed by atoms with Gasteiger partial charge < -0.3 is 20.4 Å². The Bertz CT molecular complexity index is 372. The van der Waals surface area contributed by atoms with E-state index in [1.807, 2.05) is 0 Å². The summed E-state index contributed by atoms with van der Waals surface area (Å²) in [4.78, 5) is 20.9. The Hall–Kier alpha value is -1.92. The van der Waals surface area contributed by atoms with Crippen molar-refractivity contribution in [3.63, 3.8) is 0 Å². The monoisotopic (exact) mass is 256 g/mol. The smallest absolute Gasteiger partial charge is 0.336 e. The molecule has 0 aliphatic rings. The van der Waals surface area contributed by atoms with Crippen molar-refractivity contribution in [3.8, 4) is 0 Å². The zero-order valence-electron chi connectivity index (χ0n) is 10.1. The van der Waals surface area contributed by atoms with Gasteiger partial charge in [0.25, 0.3) is 0 Å². The molecule has 0 amide bonds. The van der Waals surface area contributed by atoms with Crippen LogP contribution in [0.15, 0.2) is 24.3 Å². The van der Waals surface area contributed by atoms with Gasteiger partial charge in [-0.1, -0.05) is 12.1 Å². The van der Waals surface area contributed by atoms with E-state index in [9.17, 15) is 9.59 Å². The molecule has 2 unspecified atom stereocenters. The van der Waals surface area contributed by atoms with Crippen LogP contribution in [0.5, 0.6) is 0 Å². The average Bonchev–Trinajstić information content (AvgIpc) is 2.29. The number of carboxylic acids is 2. The molecule has 6 nitrogen and oxygen atoms in total. The Morgan fingerprint density at radius 3 is 1.33 bits per heavy atom. The fourth-order valence-electron chi connectivity index (χ4n) is 0.856. The van der Waals surface area contributed by atoms with Crippen molar-refractivity contribution in [2.45, 2.75) is 26.1 Å². The van der Waals surface area contributed by atoms with Gasteiger partial charge in [0.1, 0.15) is 0 Å². The minimum absolute atomic E-state index is 0.190. The van der Waals surface area contributed by atoms with Crippen LogP contribution in [0.3, 0.4) is 0 Å². The van der Waals surface area contributed by atoms with Gasteiger partial charge in [-0.3, -0.25) is 0 Å². The number of aliphatic hydroxyl groups excluding tert-OH is 2. The minimum Gasteiger partial charge on any atom is -0.478 e. The highest BCUT2D eigenvalue weighted by atomic mass is 16.4. The first-order valence-electron chi connectivity index (χ1n) is 5.19. The van der Waals surface area contributed by atoms with E-state index in [1.54, 1.807) is 13.8 Å². The van der Waals surface area contributed by atoms with Crippen LogP contribution in [0, 0.1) is 0 Å². The number of carboxylic acid groups (broad SMARTS) is 2. The van der Waals surface area contributed by atoms with E-state index in [2.05, 4.69) is 0 Å². The van der Waals surface area contributed by atoms with Crippen LogP contribution in [-0.2, 0) is 0 Å². The average molecular weight is 256 g/mol. The fraction of sp³-hybridized carbons (Fsp3) is 0.333. The SMILES string of the molecule is CC(O)C(C)O.O=C(O)c1ccccc1C(=O)O. The van der Waals surface area contributed by atoms with Gasteiger partial charge in [0, 0.05) is 0 Å². The highest BCUT2D eigenvalue weighted by molar-refractivity contribution is 6.01. The molecule has 0 spiro atoms. The first-order chi connectivity index (χ1) is 8.27. The lowest BCUT2D eigenvalue weighted by molar-refractivity contribution is 0.0438. The summed E-state index contributed by atoms with van der Waals surface area (Å²) in [5, 5.41) is 33.9. The number of carbonyl (C=O) groups is 2. The van der Waals surface area contributed by atoms with Crippen LogP contribution >= 0.6 is 0 Å². The summed E-state index contributed by atoms with van der Waals surface area (Å²) in [5.74, 6) is -2.46. The maximum absolute atomic E-state index is 10.5. The third-order valence-electron chi connectivity index (χ3n) is 2.09. The number of aliphatic hydroxyl groups is 2. The molecule has 0 aromatic heterocycles. The van der Waals surface area contributed by atoms with E-state index in [0.29, 0.717) is 0 Å². The highest BCUT2D eigenvalue weighted by Gasteiger charge is 2.13. The quantitative estimate of drug-likeness (QED) is 0.636. The van der Waals surface area contributed by atoms with Crippen LogP contribution < -0.4 is 0 Å². The molecule has 6 heteroatoms. The molecule has 0 bridgehead atoms. The van der Waals surface area contributed by atoms with Gasteiger partial charge in [0.2, 0.25) is 0 Å². The highest BCUT2D eigenvalue weighted by Crippen LogP contribution is 2.07.